The zero-order chi connectivity index (χ0) is 13.3. The third-order valence-electron chi connectivity index (χ3n) is 3.04. The molecule has 0 radical (unpaired) electrons. The van der Waals surface area contributed by atoms with Gasteiger partial charge in [0.2, 0.25) is 0 Å². The van der Waals surface area contributed by atoms with E-state index in [1.807, 2.05) is 32.9 Å². The van der Waals surface area contributed by atoms with Crippen LogP contribution in [0.5, 0.6) is 0 Å². The second kappa shape index (κ2) is 4.73. The number of carbonyl (C=O) groups excluding carboxylic acids is 1. The molecule has 1 aromatic carbocycles. The Morgan fingerprint density at radius 3 is 2.78 bits per heavy atom. The highest BCUT2D eigenvalue weighted by Gasteiger charge is 2.24. The number of ether oxygens (including phenoxy) is 1. The summed E-state index contributed by atoms with van der Waals surface area (Å²) in [5, 5.41) is 3.40. The first kappa shape index (κ1) is 13.1. The Labute approximate surface area is 109 Å². The van der Waals surface area contributed by atoms with Gasteiger partial charge in [-0.1, -0.05) is 12.1 Å². The van der Waals surface area contributed by atoms with Gasteiger partial charge in [0.15, 0.2) is 0 Å². The Morgan fingerprint density at radius 2 is 2.11 bits per heavy atom. The summed E-state index contributed by atoms with van der Waals surface area (Å²) in [6.07, 6.45) is 0.880. The molecule has 0 amide bonds. The van der Waals surface area contributed by atoms with E-state index < -0.39 is 5.60 Å². The van der Waals surface area contributed by atoms with Crippen LogP contribution < -0.4 is 5.32 Å². The number of hydrogen-bond acceptors (Lipinski definition) is 3. The second-order valence-electron chi connectivity index (χ2n) is 5.93. The van der Waals surface area contributed by atoms with E-state index >= 15 is 0 Å². The number of esters is 1. The predicted molar refractivity (Wildman–Crippen MR) is 71.6 cm³/mol. The highest BCUT2D eigenvalue weighted by molar-refractivity contribution is 5.91. The van der Waals surface area contributed by atoms with Gasteiger partial charge in [-0.25, -0.2) is 4.79 Å². The summed E-state index contributed by atoms with van der Waals surface area (Å²) in [7, 11) is 0. The van der Waals surface area contributed by atoms with Crippen LogP contribution in [0.1, 0.15) is 49.2 Å². The Morgan fingerprint density at radius 1 is 1.39 bits per heavy atom. The monoisotopic (exact) mass is 247 g/mol. The molecule has 1 aromatic rings. The fourth-order valence-corrected chi connectivity index (χ4v) is 2.23. The zero-order valence-electron chi connectivity index (χ0n) is 11.5. The van der Waals surface area contributed by atoms with Crippen molar-refractivity contribution in [2.45, 2.75) is 52.3 Å². The molecule has 1 heterocycles. The number of hydrogen-bond donors (Lipinski definition) is 1. The van der Waals surface area contributed by atoms with E-state index in [0.29, 0.717) is 6.04 Å². The van der Waals surface area contributed by atoms with E-state index in [1.165, 1.54) is 5.56 Å². The third kappa shape index (κ3) is 2.91. The summed E-state index contributed by atoms with van der Waals surface area (Å²) in [6.45, 7) is 8.64. The average Bonchev–Trinajstić information content (AvgIpc) is 2.25. The van der Waals surface area contributed by atoms with Gasteiger partial charge in [0.25, 0.3) is 0 Å². The Kier molecular flexibility index (Phi) is 3.44. The van der Waals surface area contributed by atoms with E-state index in [2.05, 4.69) is 18.3 Å². The molecule has 1 aliphatic rings. The maximum Gasteiger partial charge on any atom is 0.338 e. The molecule has 0 fully saturated rings. The largest absolute Gasteiger partial charge is 0.456 e. The smallest absolute Gasteiger partial charge is 0.338 e. The fraction of sp³-hybridized carbons (Fsp3) is 0.533. The number of carbonyl (C=O) groups is 1. The van der Waals surface area contributed by atoms with Crippen molar-refractivity contribution in [2.24, 2.45) is 0 Å². The van der Waals surface area contributed by atoms with Gasteiger partial charge in [-0.2, -0.15) is 0 Å². The standard InChI is InChI=1S/C15H21NO2/c1-10-8-13-11(9-16-10)6-5-7-12(13)14(17)18-15(2,3)4/h5-7,10,16H,8-9H2,1-4H3. The van der Waals surface area contributed by atoms with E-state index in [-0.39, 0.29) is 5.97 Å². The summed E-state index contributed by atoms with van der Waals surface area (Å²) in [5.41, 5.74) is 2.61. The Bertz CT molecular complexity index is 460. The van der Waals surface area contributed by atoms with Crippen molar-refractivity contribution >= 4 is 5.97 Å². The Hall–Kier alpha value is -1.35. The topological polar surface area (TPSA) is 38.3 Å². The van der Waals surface area contributed by atoms with Crippen LogP contribution in [0.25, 0.3) is 0 Å². The highest BCUT2D eigenvalue weighted by Crippen LogP contribution is 2.23. The molecule has 0 saturated carbocycles. The SMILES string of the molecule is CC1Cc2c(cccc2C(=O)OC(C)(C)C)CN1. The molecule has 1 atom stereocenters. The molecule has 1 aliphatic heterocycles. The zero-order valence-corrected chi connectivity index (χ0v) is 11.5. The molecule has 0 saturated heterocycles. The quantitative estimate of drug-likeness (QED) is 0.775. The van der Waals surface area contributed by atoms with Crippen LogP contribution in [0.4, 0.5) is 0 Å². The number of rotatable bonds is 1. The first-order valence-corrected chi connectivity index (χ1v) is 6.44. The van der Waals surface area contributed by atoms with Gasteiger partial charge < -0.3 is 10.1 Å². The van der Waals surface area contributed by atoms with Gasteiger partial charge in [-0.15, -0.1) is 0 Å². The van der Waals surface area contributed by atoms with E-state index in [1.54, 1.807) is 0 Å². The minimum absolute atomic E-state index is 0.214. The number of benzene rings is 1. The molecule has 1 N–H and O–H groups in total. The van der Waals surface area contributed by atoms with Gasteiger partial charge in [0, 0.05) is 12.6 Å². The second-order valence-corrected chi connectivity index (χ2v) is 5.93. The van der Waals surface area contributed by atoms with E-state index in [9.17, 15) is 4.79 Å². The van der Waals surface area contributed by atoms with Crippen molar-refractivity contribution in [3.63, 3.8) is 0 Å². The van der Waals surface area contributed by atoms with Crippen molar-refractivity contribution in [3.05, 3.63) is 34.9 Å². The van der Waals surface area contributed by atoms with Gasteiger partial charge in [-0.3, -0.25) is 0 Å². The van der Waals surface area contributed by atoms with Gasteiger partial charge >= 0.3 is 5.97 Å². The lowest BCUT2D eigenvalue weighted by atomic mass is 9.92. The van der Waals surface area contributed by atoms with Crippen LogP contribution in [0.2, 0.25) is 0 Å². The number of fused-ring (bicyclic) bond motifs is 1. The lowest BCUT2D eigenvalue weighted by Crippen LogP contribution is -2.34. The predicted octanol–water partition coefficient (Wildman–Crippen LogP) is 2.68. The van der Waals surface area contributed by atoms with Crippen LogP contribution in [0.3, 0.4) is 0 Å². The molecule has 1 unspecified atom stereocenters. The fourth-order valence-electron chi connectivity index (χ4n) is 2.23. The lowest BCUT2D eigenvalue weighted by molar-refractivity contribution is 0.00679. The third-order valence-corrected chi connectivity index (χ3v) is 3.04. The highest BCUT2D eigenvalue weighted by atomic mass is 16.6. The molecule has 2 rings (SSSR count). The minimum atomic E-state index is -0.446. The van der Waals surface area contributed by atoms with Crippen molar-refractivity contribution in [3.8, 4) is 0 Å². The molecule has 3 nitrogen and oxygen atoms in total. The summed E-state index contributed by atoms with van der Waals surface area (Å²) in [5.74, 6) is -0.214. The van der Waals surface area contributed by atoms with E-state index in [4.69, 9.17) is 4.74 Å². The van der Waals surface area contributed by atoms with E-state index in [0.717, 1.165) is 24.1 Å². The van der Waals surface area contributed by atoms with Crippen LogP contribution in [-0.4, -0.2) is 17.6 Å². The molecule has 18 heavy (non-hydrogen) atoms. The first-order chi connectivity index (χ1) is 8.37. The van der Waals surface area contributed by atoms with Crippen LogP contribution in [-0.2, 0) is 17.7 Å². The summed E-state index contributed by atoms with van der Waals surface area (Å²) in [4.78, 5) is 12.2. The molecule has 0 aliphatic carbocycles. The lowest BCUT2D eigenvalue weighted by Gasteiger charge is -2.26. The molecular weight excluding hydrogens is 226 g/mol. The van der Waals surface area contributed by atoms with Crippen LogP contribution >= 0.6 is 0 Å². The van der Waals surface area contributed by atoms with Crippen LogP contribution in [0, 0.1) is 0 Å². The molecule has 0 spiro atoms. The van der Waals surface area contributed by atoms with Gasteiger partial charge in [0.05, 0.1) is 5.56 Å². The van der Waals surface area contributed by atoms with Gasteiger partial charge in [0.1, 0.15) is 5.60 Å². The van der Waals surface area contributed by atoms with Crippen molar-refractivity contribution in [2.75, 3.05) is 0 Å². The van der Waals surface area contributed by atoms with Gasteiger partial charge in [-0.05, 0) is 51.3 Å². The average molecular weight is 247 g/mol. The Balaban J connectivity index is 2.31. The van der Waals surface area contributed by atoms with Crippen molar-refractivity contribution in [1.29, 1.82) is 0 Å². The number of nitrogens with one attached hydrogen (secondary N) is 1. The van der Waals surface area contributed by atoms with Crippen molar-refractivity contribution < 1.29 is 9.53 Å². The summed E-state index contributed by atoms with van der Waals surface area (Å²) in [6, 6.07) is 6.27. The van der Waals surface area contributed by atoms with Crippen molar-refractivity contribution in [1.82, 2.24) is 5.32 Å². The molecule has 3 heteroatoms. The maximum absolute atomic E-state index is 12.2. The molecular formula is C15H21NO2. The minimum Gasteiger partial charge on any atom is -0.456 e. The molecule has 98 valence electrons. The first-order valence-electron chi connectivity index (χ1n) is 6.44. The van der Waals surface area contributed by atoms with Crippen LogP contribution in [0.15, 0.2) is 18.2 Å². The normalized spacial score (nSPS) is 19.2. The molecule has 0 bridgehead atoms. The summed E-state index contributed by atoms with van der Waals surface area (Å²) < 4.78 is 5.47. The molecule has 0 aromatic heterocycles. The summed E-state index contributed by atoms with van der Waals surface area (Å²) >= 11 is 0. The maximum atomic E-state index is 12.2.